The van der Waals surface area contributed by atoms with Gasteiger partial charge in [-0.05, 0) is 37.1 Å². The Morgan fingerprint density at radius 3 is 2.41 bits per heavy atom. The summed E-state index contributed by atoms with van der Waals surface area (Å²) in [7, 11) is 0. The lowest BCUT2D eigenvalue weighted by atomic mass is 10.2. The number of hydrogen-bond donors (Lipinski definition) is 1. The molecule has 17 heavy (non-hydrogen) atoms. The van der Waals surface area contributed by atoms with Gasteiger partial charge in [-0.3, -0.25) is 4.79 Å². The predicted octanol–water partition coefficient (Wildman–Crippen LogP) is 2.99. The minimum atomic E-state index is -0.477. The molecule has 0 aromatic heterocycles. The molecule has 1 unspecified atom stereocenters. The Morgan fingerprint density at radius 1 is 1.29 bits per heavy atom. The molecule has 1 amide bonds. The highest BCUT2D eigenvalue weighted by Gasteiger charge is 2.14. The fourth-order valence-corrected chi connectivity index (χ4v) is 1.48. The van der Waals surface area contributed by atoms with Gasteiger partial charge in [-0.25, -0.2) is 0 Å². The molecule has 1 atom stereocenters. The molecule has 0 radical (unpaired) electrons. The van der Waals surface area contributed by atoms with Crippen LogP contribution in [0.15, 0.2) is 28.7 Å². The van der Waals surface area contributed by atoms with Gasteiger partial charge in [0, 0.05) is 11.0 Å². The monoisotopic (exact) mass is 299 g/mol. The first-order chi connectivity index (χ1) is 7.99. The van der Waals surface area contributed by atoms with Crippen molar-refractivity contribution >= 4 is 21.8 Å². The van der Waals surface area contributed by atoms with Crippen LogP contribution < -0.4 is 10.1 Å². The van der Waals surface area contributed by atoms with Gasteiger partial charge in [0.1, 0.15) is 5.75 Å². The van der Waals surface area contributed by atoms with Gasteiger partial charge in [0.05, 0.1) is 0 Å². The topological polar surface area (TPSA) is 38.3 Å². The number of rotatable bonds is 5. The molecule has 0 spiro atoms. The van der Waals surface area contributed by atoms with Crippen molar-refractivity contribution in [1.29, 1.82) is 0 Å². The maximum absolute atomic E-state index is 11.7. The van der Waals surface area contributed by atoms with Gasteiger partial charge in [-0.1, -0.05) is 29.8 Å². The maximum atomic E-state index is 11.7. The Hall–Kier alpha value is -1.03. The molecular formula is C13H18BrNO2. The predicted molar refractivity (Wildman–Crippen MR) is 72.1 cm³/mol. The van der Waals surface area contributed by atoms with Crippen LogP contribution in [0.4, 0.5) is 0 Å². The lowest BCUT2D eigenvalue weighted by Gasteiger charge is -2.15. The highest BCUT2D eigenvalue weighted by molar-refractivity contribution is 9.10. The van der Waals surface area contributed by atoms with Gasteiger partial charge in [-0.2, -0.15) is 0 Å². The maximum Gasteiger partial charge on any atom is 0.260 e. The van der Waals surface area contributed by atoms with E-state index in [0.29, 0.717) is 18.2 Å². The molecule has 0 fully saturated rings. The Balaban J connectivity index is 2.45. The fraction of sp³-hybridized carbons (Fsp3) is 0.462. The van der Waals surface area contributed by atoms with E-state index in [4.69, 9.17) is 4.74 Å². The summed E-state index contributed by atoms with van der Waals surface area (Å²) in [6.45, 7) is 6.53. The number of amides is 1. The molecule has 4 heteroatoms. The van der Waals surface area contributed by atoms with E-state index in [0.717, 1.165) is 4.47 Å². The van der Waals surface area contributed by atoms with Gasteiger partial charge in [-0.15, -0.1) is 0 Å². The first kappa shape index (κ1) is 14.0. The molecular weight excluding hydrogens is 282 g/mol. The quantitative estimate of drug-likeness (QED) is 0.908. The smallest absolute Gasteiger partial charge is 0.260 e. The molecule has 94 valence electrons. The Bertz CT molecular complexity index is 362. The summed E-state index contributed by atoms with van der Waals surface area (Å²) in [4.78, 5) is 11.7. The number of ether oxygens (including phenoxy) is 1. The number of nitrogens with one attached hydrogen (secondary N) is 1. The van der Waals surface area contributed by atoms with Crippen molar-refractivity contribution < 1.29 is 9.53 Å². The van der Waals surface area contributed by atoms with Crippen molar-refractivity contribution in [2.75, 3.05) is 6.54 Å². The van der Waals surface area contributed by atoms with Crippen LogP contribution in [0.2, 0.25) is 0 Å². The van der Waals surface area contributed by atoms with Crippen LogP contribution in [0, 0.1) is 5.92 Å². The van der Waals surface area contributed by atoms with E-state index in [1.54, 1.807) is 6.92 Å². The van der Waals surface area contributed by atoms with E-state index < -0.39 is 6.10 Å². The van der Waals surface area contributed by atoms with Gasteiger partial charge in [0.25, 0.3) is 5.91 Å². The second kappa shape index (κ2) is 6.64. The van der Waals surface area contributed by atoms with Crippen molar-refractivity contribution in [1.82, 2.24) is 5.32 Å². The molecule has 0 bridgehead atoms. The number of carbonyl (C=O) groups is 1. The second-order valence-corrected chi connectivity index (χ2v) is 5.27. The molecule has 1 N–H and O–H groups in total. The SMILES string of the molecule is CC(C)CNC(=O)C(C)Oc1ccc(Br)cc1. The van der Waals surface area contributed by atoms with Crippen molar-refractivity contribution in [2.24, 2.45) is 5.92 Å². The van der Waals surface area contributed by atoms with E-state index in [-0.39, 0.29) is 5.91 Å². The first-order valence-corrected chi connectivity index (χ1v) is 6.48. The zero-order valence-corrected chi connectivity index (χ0v) is 12.0. The molecule has 0 saturated heterocycles. The molecule has 0 aliphatic heterocycles. The summed E-state index contributed by atoms with van der Waals surface area (Å²) in [6.07, 6.45) is -0.477. The van der Waals surface area contributed by atoms with Crippen LogP contribution in [0.5, 0.6) is 5.75 Å². The average Bonchev–Trinajstić information content (AvgIpc) is 2.28. The third kappa shape index (κ3) is 5.22. The Labute approximate surface area is 111 Å². The molecule has 1 aromatic carbocycles. The van der Waals surface area contributed by atoms with Crippen LogP contribution in [0.1, 0.15) is 20.8 Å². The lowest BCUT2D eigenvalue weighted by Crippen LogP contribution is -2.38. The summed E-state index contributed by atoms with van der Waals surface area (Å²) in [5.41, 5.74) is 0. The molecule has 1 aromatic rings. The van der Waals surface area contributed by atoms with Crippen molar-refractivity contribution in [2.45, 2.75) is 26.9 Å². The fourth-order valence-electron chi connectivity index (χ4n) is 1.22. The molecule has 0 aliphatic carbocycles. The van der Waals surface area contributed by atoms with Gasteiger partial charge in [0.2, 0.25) is 0 Å². The number of halogens is 1. The van der Waals surface area contributed by atoms with Gasteiger partial charge >= 0.3 is 0 Å². The highest BCUT2D eigenvalue weighted by Crippen LogP contribution is 2.17. The molecule has 0 heterocycles. The normalized spacial score (nSPS) is 12.3. The molecule has 1 rings (SSSR count). The standard InChI is InChI=1S/C13H18BrNO2/c1-9(2)8-15-13(16)10(3)17-12-6-4-11(14)5-7-12/h4-7,9-10H,8H2,1-3H3,(H,15,16). The molecule has 0 saturated carbocycles. The lowest BCUT2D eigenvalue weighted by molar-refractivity contribution is -0.127. The van der Waals surface area contributed by atoms with E-state index in [1.807, 2.05) is 24.3 Å². The van der Waals surface area contributed by atoms with E-state index in [9.17, 15) is 4.79 Å². The number of benzene rings is 1. The molecule has 0 aliphatic rings. The summed E-state index contributed by atoms with van der Waals surface area (Å²) < 4.78 is 6.52. The Kier molecular flexibility index (Phi) is 5.48. The van der Waals surface area contributed by atoms with Crippen LogP contribution in [0.25, 0.3) is 0 Å². The summed E-state index contributed by atoms with van der Waals surface area (Å²) >= 11 is 3.35. The summed E-state index contributed by atoms with van der Waals surface area (Å²) in [5, 5.41) is 2.84. The summed E-state index contributed by atoms with van der Waals surface area (Å²) in [6, 6.07) is 7.43. The Morgan fingerprint density at radius 2 is 1.88 bits per heavy atom. The van der Waals surface area contributed by atoms with Crippen LogP contribution >= 0.6 is 15.9 Å². The minimum absolute atomic E-state index is 0.0818. The van der Waals surface area contributed by atoms with Crippen molar-refractivity contribution in [3.8, 4) is 5.75 Å². The third-order valence-electron chi connectivity index (χ3n) is 2.18. The minimum Gasteiger partial charge on any atom is -0.481 e. The zero-order valence-electron chi connectivity index (χ0n) is 10.4. The van der Waals surface area contributed by atoms with Crippen molar-refractivity contribution in [3.05, 3.63) is 28.7 Å². The zero-order chi connectivity index (χ0) is 12.8. The number of hydrogen-bond acceptors (Lipinski definition) is 2. The average molecular weight is 300 g/mol. The van der Waals surface area contributed by atoms with Crippen LogP contribution in [-0.2, 0) is 4.79 Å². The number of carbonyl (C=O) groups excluding carboxylic acids is 1. The van der Waals surface area contributed by atoms with E-state index >= 15 is 0 Å². The third-order valence-corrected chi connectivity index (χ3v) is 2.71. The van der Waals surface area contributed by atoms with Crippen molar-refractivity contribution in [3.63, 3.8) is 0 Å². The largest absolute Gasteiger partial charge is 0.481 e. The van der Waals surface area contributed by atoms with Crippen LogP contribution in [-0.4, -0.2) is 18.6 Å². The van der Waals surface area contributed by atoms with E-state index in [2.05, 4.69) is 35.1 Å². The highest BCUT2D eigenvalue weighted by atomic mass is 79.9. The van der Waals surface area contributed by atoms with Gasteiger partial charge < -0.3 is 10.1 Å². The van der Waals surface area contributed by atoms with Crippen LogP contribution in [0.3, 0.4) is 0 Å². The summed E-state index contributed by atoms with van der Waals surface area (Å²) in [5.74, 6) is 1.06. The second-order valence-electron chi connectivity index (χ2n) is 4.35. The van der Waals surface area contributed by atoms with Gasteiger partial charge in [0.15, 0.2) is 6.10 Å². The molecule has 3 nitrogen and oxygen atoms in total. The first-order valence-electron chi connectivity index (χ1n) is 5.69. The van der Waals surface area contributed by atoms with E-state index in [1.165, 1.54) is 0 Å².